The number of carbonyl (C=O) groups excluding carboxylic acids is 1. The quantitative estimate of drug-likeness (QED) is 0.524. The summed E-state index contributed by atoms with van der Waals surface area (Å²) in [4.78, 5) is 14.7. The van der Waals surface area contributed by atoms with E-state index in [1.807, 2.05) is 30.3 Å². The van der Waals surface area contributed by atoms with Crippen molar-refractivity contribution in [1.82, 2.24) is 4.98 Å². The topological polar surface area (TPSA) is 57.7 Å². The number of rotatable bonds is 9. The number of methoxy groups -OCH3 is 1. The lowest BCUT2D eigenvalue weighted by molar-refractivity contribution is -0.128. The Morgan fingerprint density at radius 3 is 2.86 bits per heavy atom. The molecule has 0 aliphatic carbocycles. The highest BCUT2D eigenvalue weighted by Crippen LogP contribution is 2.25. The Hall–Kier alpha value is -2.14. The summed E-state index contributed by atoms with van der Waals surface area (Å²) in [6.07, 6.45) is 1.40. The summed E-state index contributed by atoms with van der Waals surface area (Å²) in [5.74, 6) is 0.804. The smallest absolute Gasteiger partial charge is 0.293 e. The van der Waals surface area contributed by atoms with Gasteiger partial charge < -0.3 is 14.2 Å². The van der Waals surface area contributed by atoms with Crippen LogP contribution in [0.5, 0.6) is 5.75 Å². The second-order valence-electron chi connectivity index (χ2n) is 4.54. The largest absolute Gasteiger partial charge is 0.493 e. The molecule has 0 aliphatic heterocycles. The van der Waals surface area contributed by atoms with E-state index in [2.05, 4.69) is 4.98 Å². The van der Waals surface area contributed by atoms with Gasteiger partial charge in [0.05, 0.1) is 18.7 Å². The van der Waals surface area contributed by atoms with E-state index >= 15 is 0 Å². The van der Waals surface area contributed by atoms with Crippen LogP contribution in [0.3, 0.4) is 0 Å². The first kappa shape index (κ1) is 15.3. The zero-order chi connectivity index (χ0) is 14.9. The zero-order valence-corrected chi connectivity index (χ0v) is 12.1. The summed E-state index contributed by atoms with van der Waals surface area (Å²) in [5, 5.41) is 0.981. The van der Waals surface area contributed by atoms with Gasteiger partial charge in [-0.05, 0) is 12.1 Å². The van der Waals surface area contributed by atoms with Gasteiger partial charge in [0, 0.05) is 43.7 Å². The number of aromatic nitrogens is 1. The van der Waals surface area contributed by atoms with Gasteiger partial charge in [-0.3, -0.25) is 9.78 Å². The van der Waals surface area contributed by atoms with Crippen LogP contribution in [-0.2, 0) is 20.7 Å². The number of ether oxygens (including phenoxy) is 3. The molecule has 0 aliphatic rings. The van der Waals surface area contributed by atoms with Gasteiger partial charge in [-0.15, -0.1) is 0 Å². The lowest BCUT2D eigenvalue weighted by Crippen LogP contribution is -2.04. The maximum atomic E-state index is 10.2. The molecule has 1 heterocycles. The second-order valence-corrected chi connectivity index (χ2v) is 4.54. The number of benzene rings is 1. The monoisotopic (exact) mass is 289 g/mol. The molecule has 0 saturated heterocycles. The zero-order valence-electron chi connectivity index (χ0n) is 12.1. The Labute approximate surface area is 123 Å². The minimum absolute atomic E-state index is 0.317. The summed E-state index contributed by atoms with van der Waals surface area (Å²) in [7, 11) is 1.67. The Balaban J connectivity index is 2.16. The van der Waals surface area contributed by atoms with E-state index in [1.54, 1.807) is 7.11 Å². The van der Waals surface area contributed by atoms with Crippen molar-refractivity contribution >= 4 is 17.4 Å². The number of hydrogen-bond donors (Lipinski definition) is 0. The third-order valence-electron chi connectivity index (χ3n) is 3.03. The van der Waals surface area contributed by atoms with E-state index in [0.29, 0.717) is 32.7 Å². The highest BCUT2D eigenvalue weighted by atomic mass is 16.5. The summed E-state index contributed by atoms with van der Waals surface area (Å²) >= 11 is 0. The van der Waals surface area contributed by atoms with Crippen LogP contribution in [0.4, 0.5) is 0 Å². The molecular weight excluding hydrogens is 270 g/mol. The van der Waals surface area contributed by atoms with Crippen LogP contribution in [-0.4, -0.2) is 38.4 Å². The van der Waals surface area contributed by atoms with Gasteiger partial charge in [0.2, 0.25) is 0 Å². The first-order chi connectivity index (χ1) is 10.3. The molecule has 0 N–H and O–H groups in total. The van der Waals surface area contributed by atoms with Crippen molar-refractivity contribution in [3.05, 3.63) is 36.0 Å². The van der Waals surface area contributed by atoms with Crippen LogP contribution in [0.1, 0.15) is 12.1 Å². The van der Waals surface area contributed by atoms with Crippen molar-refractivity contribution < 1.29 is 19.0 Å². The summed E-state index contributed by atoms with van der Waals surface area (Å²) in [6, 6.07) is 9.74. The number of nitrogens with zero attached hydrogens (tertiary/aromatic N) is 1. The first-order valence-electron chi connectivity index (χ1n) is 6.91. The van der Waals surface area contributed by atoms with Gasteiger partial charge in [-0.2, -0.15) is 0 Å². The third kappa shape index (κ3) is 4.43. The molecule has 5 nitrogen and oxygen atoms in total. The lowest BCUT2D eigenvalue weighted by atomic mass is 10.1. The molecule has 0 spiro atoms. The van der Waals surface area contributed by atoms with Crippen LogP contribution >= 0.6 is 0 Å². The molecule has 5 heteroatoms. The van der Waals surface area contributed by atoms with Gasteiger partial charge in [0.1, 0.15) is 5.75 Å². The Bertz CT molecular complexity index is 585. The third-order valence-corrected chi connectivity index (χ3v) is 3.03. The number of fused-ring (bicyclic) bond motifs is 1. The van der Waals surface area contributed by atoms with Crippen LogP contribution in [0.25, 0.3) is 10.9 Å². The van der Waals surface area contributed by atoms with E-state index in [1.165, 1.54) is 0 Å². The molecule has 0 unspecified atom stereocenters. The molecule has 1 aromatic heterocycles. The van der Waals surface area contributed by atoms with Crippen LogP contribution in [0, 0.1) is 0 Å². The number of carbonyl (C=O) groups is 1. The van der Waals surface area contributed by atoms with Gasteiger partial charge in [-0.1, -0.05) is 12.1 Å². The highest BCUT2D eigenvalue weighted by Gasteiger charge is 2.07. The Morgan fingerprint density at radius 1 is 1.19 bits per heavy atom. The molecule has 0 saturated carbocycles. The fourth-order valence-corrected chi connectivity index (χ4v) is 2.04. The lowest BCUT2D eigenvalue weighted by Gasteiger charge is -2.11. The number of hydrogen-bond acceptors (Lipinski definition) is 5. The maximum Gasteiger partial charge on any atom is 0.293 e. The van der Waals surface area contributed by atoms with E-state index in [9.17, 15) is 4.79 Å². The average molecular weight is 289 g/mol. The Kier molecular flexibility index (Phi) is 5.97. The molecular formula is C16H19NO4. The predicted octanol–water partition coefficient (Wildman–Crippen LogP) is 2.37. The fraction of sp³-hybridized carbons (Fsp3) is 0.375. The fourth-order valence-electron chi connectivity index (χ4n) is 2.04. The van der Waals surface area contributed by atoms with E-state index < -0.39 is 0 Å². The van der Waals surface area contributed by atoms with Crippen molar-refractivity contribution in [2.45, 2.75) is 12.8 Å². The van der Waals surface area contributed by atoms with Crippen molar-refractivity contribution in [3.63, 3.8) is 0 Å². The average Bonchev–Trinajstić information content (AvgIpc) is 2.52. The molecule has 0 radical (unpaired) electrons. The minimum atomic E-state index is 0.317. The van der Waals surface area contributed by atoms with Crippen molar-refractivity contribution in [2.75, 3.05) is 26.9 Å². The summed E-state index contributed by atoms with van der Waals surface area (Å²) in [6.45, 7) is 2.02. The first-order valence-corrected chi connectivity index (χ1v) is 6.91. The van der Waals surface area contributed by atoms with Gasteiger partial charge in [-0.25, -0.2) is 0 Å². The summed E-state index contributed by atoms with van der Waals surface area (Å²) in [5.41, 5.74) is 1.72. The normalized spacial score (nSPS) is 10.5. The number of pyridine rings is 1. The molecule has 112 valence electrons. The van der Waals surface area contributed by atoms with Crippen LogP contribution in [0.15, 0.2) is 30.3 Å². The van der Waals surface area contributed by atoms with Gasteiger partial charge >= 0.3 is 0 Å². The molecule has 0 bridgehead atoms. The van der Waals surface area contributed by atoms with Gasteiger partial charge in [0.25, 0.3) is 6.47 Å². The molecule has 21 heavy (non-hydrogen) atoms. The van der Waals surface area contributed by atoms with Crippen LogP contribution in [0.2, 0.25) is 0 Å². The van der Waals surface area contributed by atoms with Crippen LogP contribution < -0.4 is 4.74 Å². The molecule has 2 rings (SSSR count). The van der Waals surface area contributed by atoms with E-state index in [4.69, 9.17) is 14.2 Å². The molecule has 1 aromatic carbocycles. The highest BCUT2D eigenvalue weighted by molar-refractivity contribution is 5.85. The molecule has 0 amide bonds. The SMILES string of the molecule is COCCCOc1cc(CCOC=O)nc2ccccc12. The van der Waals surface area contributed by atoms with E-state index in [-0.39, 0.29) is 0 Å². The second kappa shape index (κ2) is 8.21. The van der Waals surface area contributed by atoms with Crippen molar-refractivity contribution in [3.8, 4) is 5.75 Å². The number of para-hydroxylation sites is 1. The maximum absolute atomic E-state index is 10.2. The van der Waals surface area contributed by atoms with Crippen molar-refractivity contribution in [1.29, 1.82) is 0 Å². The van der Waals surface area contributed by atoms with Gasteiger partial charge in [0.15, 0.2) is 0 Å². The standard InChI is InChI=1S/C16H19NO4/c1-19-8-4-9-21-16-11-13(7-10-20-12-18)17-15-6-3-2-5-14(15)16/h2-3,5-6,11-12H,4,7-10H2,1H3. The van der Waals surface area contributed by atoms with Crippen molar-refractivity contribution in [2.24, 2.45) is 0 Å². The Morgan fingerprint density at radius 2 is 2.05 bits per heavy atom. The summed E-state index contributed by atoms with van der Waals surface area (Å²) < 4.78 is 15.6. The predicted molar refractivity (Wildman–Crippen MR) is 79.5 cm³/mol. The van der Waals surface area contributed by atoms with E-state index in [0.717, 1.165) is 28.8 Å². The molecule has 2 aromatic rings. The molecule has 0 atom stereocenters. The molecule has 0 fully saturated rings. The minimum Gasteiger partial charge on any atom is -0.493 e.